The van der Waals surface area contributed by atoms with Gasteiger partial charge in [0.15, 0.2) is 0 Å². The van der Waals surface area contributed by atoms with E-state index < -0.39 is 39.7 Å². The molecule has 1 heterocycles. The lowest BCUT2D eigenvalue weighted by molar-refractivity contribution is -0.384. The lowest BCUT2D eigenvalue weighted by Gasteiger charge is -2.22. The number of nitro groups is 1. The van der Waals surface area contributed by atoms with Gasteiger partial charge in [-0.15, -0.1) is 0 Å². The van der Waals surface area contributed by atoms with E-state index in [2.05, 4.69) is 0 Å². The fraction of sp³-hybridized carbons (Fsp3) is 0. The number of carbonyl (C=O) groups excluding carboxylic acids is 1. The number of carbonyl (C=O) groups is 3. The van der Waals surface area contributed by atoms with Crippen LogP contribution in [0.3, 0.4) is 0 Å². The minimum absolute atomic E-state index is 0.429. The lowest BCUT2D eigenvalue weighted by Crippen LogP contribution is -2.32. The molecule has 2 amide bonds. The summed E-state index contributed by atoms with van der Waals surface area (Å²) in [6.07, 6.45) is 3.99. The van der Waals surface area contributed by atoms with Gasteiger partial charge in [-0.2, -0.15) is 0 Å². The minimum atomic E-state index is -1.42. The van der Waals surface area contributed by atoms with Crippen molar-refractivity contribution in [2.24, 2.45) is 5.73 Å². The molecule has 1 aliphatic heterocycles. The topological polar surface area (TPSA) is 164 Å². The number of primary amides is 1. The molecule has 10 heteroatoms. The van der Waals surface area contributed by atoms with Crippen LogP contribution in [0.4, 0.5) is 21.9 Å². The summed E-state index contributed by atoms with van der Waals surface area (Å²) in [5, 5.41) is 27.5. The number of rotatable bonds is 3. The van der Waals surface area contributed by atoms with Crippen molar-refractivity contribution in [3.05, 3.63) is 99.1 Å². The molecule has 0 unspecified atom stereocenters. The first-order valence-corrected chi connectivity index (χ1v) is 9.41. The molecule has 166 valence electrons. The SMILES string of the molecule is NC(=O)N1c2ccccc2C=Cc2ccccc21.O=C(O)c1cc(C(=O)O)cc([N+](=O)[O-])c1. The number of amides is 2. The van der Waals surface area contributed by atoms with Gasteiger partial charge in [-0.1, -0.05) is 48.6 Å². The third-order valence-electron chi connectivity index (χ3n) is 4.64. The van der Waals surface area contributed by atoms with Crippen molar-refractivity contribution < 1.29 is 29.5 Å². The van der Waals surface area contributed by atoms with E-state index in [9.17, 15) is 24.5 Å². The Kier molecular flexibility index (Phi) is 6.49. The fourth-order valence-electron chi connectivity index (χ4n) is 3.17. The molecule has 1 aliphatic rings. The number of nitro benzene ring substituents is 1. The Morgan fingerprint density at radius 2 is 1.21 bits per heavy atom. The highest BCUT2D eigenvalue weighted by Crippen LogP contribution is 2.35. The number of non-ortho nitro benzene ring substituents is 1. The molecule has 10 nitrogen and oxygen atoms in total. The van der Waals surface area contributed by atoms with Crippen LogP contribution in [0.2, 0.25) is 0 Å². The van der Waals surface area contributed by atoms with Crippen LogP contribution in [0.25, 0.3) is 12.2 Å². The molecule has 0 spiro atoms. The van der Waals surface area contributed by atoms with Crippen molar-refractivity contribution in [1.29, 1.82) is 0 Å². The molecule has 0 bridgehead atoms. The van der Waals surface area contributed by atoms with Crippen LogP contribution in [0.1, 0.15) is 31.8 Å². The molecule has 4 rings (SSSR count). The monoisotopic (exact) mass is 447 g/mol. The standard InChI is InChI=1S/C15H12N2O.C8H5NO6/c16-15(18)17-13-7-3-1-5-11(13)9-10-12-6-2-4-8-14(12)17;10-7(11)4-1-5(8(12)13)3-6(2-4)9(14)15/h1-10H,(H2,16,18);1-3H,(H,10,11)(H,12,13). The predicted molar refractivity (Wildman–Crippen MR) is 121 cm³/mol. The average Bonchev–Trinajstić information content (AvgIpc) is 2.96. The third kappa shape index (κ3) is 5.02. The molecular formula is C23H17N3O7. The average molecular weight is 447 g/mol. The lowest BCUT2D eigenvalue weighted by atomic mass is 10.1. The first-order chi connectivity index (χ1) is 15.7. The zero-order valence-corrected chi connectivity index (χ0v) is 16.9. The second-order valence-electron chi connectivity index (χ2n) is 6.76. The molecule has 0 saturated carbocycles. The molecular weight excluding hydrogens is 430 g/mol. The molecule has 3 aromatic rings. The van der Waals surface area contributed by atoms with E-state index in [1.54, 1.807) is 4.90 Å². The van der Waals surface area contributed by atoms with E-state index in [0.29, 0.717) is 0 Å². The van der Waals surface area contributed by atoms with Gasteiger partial charge in [0.2, 0.25) is 0 Å². The zero-order valence-electron chi connectivity index (χ0n) is 16.9. The van der Waals surface area contributed by atoms with Gasteiger partial charge in [-0.3, -0.25) is 15.0 Å². The third-order valence-corrected chi connectivity index (χ3v) is 4.64. The number of fused-ring (bicyclic) bond motifs is 2. The summed E-state index contributed by atoms with van der Waals surface area (Å²) in [6, 6.07) is 17.4. The molecule has 0 fully saturated rings. The number of anilines is 2. The maximum Gasteiger partial charge on any atom is 0.335 e. The van der Waals surface area contributed by atoms with Crippen LogP contribution in [0.5, 0.6) is 0 Å². The number of carboxylic acids is 2. The number of carboxylic acid groups (broad SMARTS) is 2. The summed E-state index contributed by atoms with van der Waals surface area (Å²) in [5.74, 6) is -2.83. The van der Waals surface area contributed by atoms with Gasteiger partial charge >= 0.3 is 18.0 Å². The Morgan fingerprint density at radius 3 is 1.58 bits per heavy atom. The van der Waals surface area contributed by atoms with Crippen LogP contribution in [-0.4, -0.2) is 33.1 Å². The number of urea groups is 1. The normalized spacial score (nSPS) is 11.2. The van der Waals surface area contributed by atoms with Crippen LogP contribution in [0.15, 0.2) is 66.7 Å². The fourth-order valence-corrected chi connectivity index (χ4v) is 3.17. The molecule has 3 aromatic carbocycles. The summed E-state index contributed by atoms with van der Waals surface area (Å²) < 4.78 is 0. The number of nitrogens with two attached hydrogens (primary N) is 1. The molecule has 4 N–H and O–H groups in total. The van der Waals surface area contributed by atoms with E-state index in [-0.39, 0.29) is 0 Å². The second kappa shape index (κ2) is 9.43. The number of para-hydroxylation sites is 2. The van der Waals surface area contributed by atoms with Crippen LogP contribution >= 0.6 is 0 Å². The number of aromatic carboxylic acids is 2. The van der Waals surface area contributed by atoms with Gasteiger partial charge in [0, 0.05) is 12.1 Å². The quantitative estimate of drug-likeness (QED) is 0.396. The largest absolute Gasteiger partial charge is 0.478 e. The Hall–Kier alpha value is -4.99. The summed E-state index contributed by atoms with van der Waals surface area (Å²) in [4.78, 5) is 43.9. The van der Waals surface area contributed by atoms with Crippen molar-refractivity contribution in [1.82, 2.24) is 0 Å². The van der Waals surface area contributed by atoms with Gasteiger partial charge in [-0.05, 0) is 29.3 Å². The van der Waals surface area contributed by atoms with Crippen LogP contribution in [-0.2, 0) is 0 Å². The van der Waals surface area contributed by atoms with Crippen molar-refractivity contribution >= 4 is 47.2 Å². The highest BCUT2D eigenvalue weighted by Gasteiger charge is 2.21. The van der Waals surface area contributed by atoms with Gasteiger partial charge in [0.1, 0.15) is 0 Å². The molecule has 0 saturated heterocycles. The molecule has 0 radical (unpaired) electrons. The van der Waals surface area contributed by atoms with Gasteiger partial charge in [-0.25, -0.2) is 14.4 Å². The summed E-state index contributed by atoms with van der Waals surface area (Å²) in [5.41, 5.74) is 7.69. The van der Waals surface area contributed by atoms with E-state index >= 15 is 0 Å². The summed E-state index contributed by atoms with van der Waals surface area (Å²) in [7, 11) is 0. The van der Waals surface area contributed by atoms with Crippen molar-refractivity contribution in [3.8, 4) is 0 Å². The van der Waals surface area contributed by atoms with E-state index in [1.807, 2.05) is 60.7 Å². The van der Waals surface area contributed by atoms with Crippen molar-refractivity contribution in [2.75, 3.05) is 4.90 Å². The number of hydrogen-bond acceptors (Lipinski definition) is 5. The predicted octanol–water partition coefficient (Wildman–Crippen LogP) is 4.38. The van der Waals surface area contributed by atoms with Crippen LogP contribution in [0, 0.1) is 10.1 Å². The van der Waals surface area contributed by atoms with Crippen LogP contribution < -0.4 is 10.6 Å². The summed E-state index contributed by atoms with van der Waals surface area (Å²) in [6.45, 7) is 0. The highest BCUT2D eigenvalue weighted by molar-refractivity contribution is 6.04. The number of hydrogen-bond donors (Lipinski definition) is 3. The molecule has 0 aromatic heterocycles. The molecule has 0 atom stereocenters. The van der Waals surface area contributed by atoms with E-state index in [4.69, 9.17) is 15.9 Å². The van der Waals surface area contributed by atoms with Gasteiger partial charge < -0.3 is 15.9 Å². The van der Waals surface area contributed by atoms with E-state index in [0.717, 1.165) is 40.7 Å². The minimum Gasteiger partial charge on any atom is -0.478 e. The van der Waals surface area contributed by atoms with Gasteiger partial charge in [0.05, 0.1) is 27.4 Å². The number of nitrogens with zero attached hydrogens (tertiary/aromatic N) is 2. The maximum absolute atomic E-state index is 11.8. The smallest absolute Gasteiger partial charge is 0.335 e. The molecule has 0 aliphatic carbocycles. The highest BCUT2D eigenvalue weighted by atomic mass is 16.6. The Balaban J connectivity index is 0.000000190. The second-order valence-corrected chi connectivity index (χ2v) is 6.76. The van der Waals surface area contributed by atoms with Crippen molar-refractivity contribution in [3.63, 3.8) is 0 Å². The Morgan fingerprint density at radius 1 is 0.788 bits per heavy atom. The summed E-state index contributed by atoms with van der Waals surface area (Å²) >= 11 is 0. The molecule has 33 heavy (non-hydrogen) atoms. The number of benzene rings is 3. The van der Waals surface area contributed by atoms with Crippen molar-refractivity contribution in [2.45, 2.75) is 0 Å². The maximum atomic E-state index is 11.8. The van der Waals surface area contributed by atoms with Gasteiger partial charge in [0.25, 0.3) is 5.69 Å². The first-order valence-electron chi connectivity index (χ1n) is 9.41. The Labute approximate surface area is 187 Å². The zero-order chi connectivity index (χ0) is 24.1. The van der Waals surface area contributed by atoms with E-state index in [1.165, 1.54) is 0 Å². The first kappa shape index (κ1) is 22.7. The Bertz CT molecular complexity index is 1170.